The number of nitrogens with zero attached hydrogens (tertiary/aromatic N) is 3. The molecule has 13 nitrogen and oxygen atoms in total. The van der Waals surface area contributed by atoms with Gasteiger partial charge >= 0.3 is 21.0 Å². The van der Waals surface area contributed by atoms with E-state index in [1.165, 1.54) is 36.4 Å². The minimum atomic E-state index is -0.594. The molecule has 9 N–H and O–H groups in total. The summed E-state index contributed by atoms with van der Waals surface area (Å²) in [6, 6.07) is 18.1. The molecule has 0 fully saturated rings. The standard InChI is InChI=1S/3C7H7NO3.O.V/c3*9-6-4-2-1-3-5(6)7(10)8-11;;/h3*1-4,9,11H,(H,8,10);;. The van der Waals surface area contributed by atoms with Gasteiger partial charge in [-0.3, -0.25) is 0 Å². The average Bonchev–Trinajstić information content (AvgIpc) is 2.90. The molecule has 0 amide bonds. The van der Waals surface area contributed by atoms with Crippen molar-refractivity contribution in [1.82, 2.24) is 0 Å². The first-order valence-corrected chi connectivity index (χ1v) is 9.60. The summed E-state index contributed by atoms with van der Waals surface area (Å²) < 4.78 is 8.19. The molecule has 0 radical (unpaired) electrons. The number of phenolic OH excluding ortho intramolecular Hbond substituents is 3. The summed E-state index contributed by atoms with van der Waals surface area (Å²) in [5.74, 6) is -2.15. The Morgan fingerprint density at radius 1 is 0.486 bits per heavy atom. The Morgan fingerprint density at radius 2 is 0.686 bits per heavy atom. The Morgan fingerprint density at radius 3 is 0.857 bits per heavy atom. The van der Waals surface area contributed by atoms with Crippen LogP contribution < -0.4 is 0 Å². The summed E-state index contributed by atoms with van der Waals surface area (Å²) in [6.45, 7) is 0. The van der Waals surface area contributed by atoms with E-state index in [9.17, 15) is 0 Å². The number of para-hydroxylation sites is 3. The minimum absolute atomic E-state index is 0.106. The number of hydrogen-bond acceptors (Lipinski definition) is 10. The van der Waals surface area contributed by atoms with Crippen LogP contribution in [0.5, 0.6) is 17.2 Å². The molecule has 0 aliphatic carbocycles. The zero-order valence-corrected chi connectivity index (χ0v) is 19.0. The van der Waals surface area contributed by atoms with Crippen LogP contribution in [0.4, 0.5) is 0 Å². The van der Waals surface area contributed by atoms with Crippen LogP contribution in [0.15, 0.2) is 88.3 Å². The summed E-state index contributed by atoms with van der Waals surface area (Å²) >= 11 is 1.06. The number of hydrogen-bond donors (Lipinski definition) is 9. The summed E-state index contributed by atoms with van der Waals surface area (Å²) in [5.41, 5.74) is 0.319. The first-order valence-electron chi connectivity index (χ1n) is 9.03. The van der Waals surface area contributed by atoms with E-state index in [0.717, 1.165) is 17.4 Å². The number of aliphatic hydroxyl groups is 3. The molecule has 0 saturated carbocycles. The molecule has 0 spiro atoms. The summed E-state index contributed by atoms with van der Waals surface area (Å²) in [5, 5.41) is 85.7. The Hall–Kier alpha value is -4.75. The van der Waals surface area contributed by atoms with Crippen molar-refractivity contribution in [2.24, 2.45) is 15.5 Å². The second kappa shape index (κ2) is 16.8. The molecule has 14 heteroatoms. The molecule has 0 bridgehead atoms. The maximum absolute atomic E-state index is 9.06. The van der Waals surface area contributed by atoms with E-state index < -0.39 is 17.7 Å². The first kappa shape index (κ1) is 30.3. The zero-order valence-electron chi connectivity index (χ0n) is 17.7. The molecule has 3 aromatic carbocycles. The van der Waals surface area contributed by atoms with Gasteiger partial charge in [0.2, 0.25) is 0 Å². The molecule has 0 saturated heterocycles. The SMILES string of the molecule is ON=C(O)c1ccccc1O.ON=C(O)c1ccccc1O.ON=C(O)c1ccccc1O.[O]=[V]. The van der Waals surface area contributed by atoms with Crippen molar-refractivity contribution in [3.8, 4) is 17.2 Å². The molecule has 35 heavy (non-hydrogen) atoms. The van der Waals surface area contributed by atoms with Gasteiger partial charge in [0, 0.05) is 0 Å². The van der Waals surface area contributed by atoms with Crippen LogP contribution in [-0.4, -0.2) is 64.0 Å². The molecule has 0 atom stereocenters. The van der Waals surface area contributed by atoms with E-state index in [0.29, 0.717) is 0 Å². The molecule has 3 aromatic rings. The number of aliphatic hydroxyl groups excluding tert-OH is 3. The fraction of sp³-hybridized carbons (Fsp3) is 0. The van der Waals surface area contributed by atoms with Crippen molar-refractivity contribution in [3.63, 3.8) is 0 Å². The molecule has 185 valence electrons. The molecular weight excluding hydrogens is 505 g/mol. The van der Waals surface area contributed by atoms with Gasteiger partial charge in [0.15, 0.2) is 0 Å². The van der Waals surface area contributed by atoms with Crippen molar-refractivity contribution >= 4 is 17.7 Å². The predicted octanol–water partition coefficient (Wildman–Crippen LogP) is 3.14. The van der Waals surface area contributed by atoms with E-state index >= 15 is 0 Å². The van der Waals surface area contributed by atoms with Crippen molar-refractivity contribution in [1.29, 1.82) is 0 Å². The van der Waals surface area contributed by atoms with Crippen LogP contribution in [0.2, 0.25) is 0 Å². The number of aromatic hydroxyl groups is 3. The molecule has 0 unspecified atom stereocenters. The second-order valence-corrected chi connectivity index (χ2v) is 5.82. The normalized spacial score (nSPS) is 10.9. The monoisotopic (exact) mass is 526 g/mol. The van der Waals surface area contributed by atoms with E-state index in [1.807, 2.05) is 0 Å². The van der Waals surface area contributed by atoms with Crippen molar-refractivity contribution in [2.45, 2.75) is 0 Å². The van der Waals surface area contributed by atoms with Crippen LogP contribution in [0.3, 0.4) is 0 Å². The van der Waals surface area contributed by atoms with Crippen molar-refractivity contribution in [3.05, 3.63) is 89.5 Å². The van der Waals surface area contributed by atoms with Gasteiger partial charge in [-0.05, 0) is 51.9 Å². The molecule has 0 aliphatic heterocycles. The molecule has 3 rings (SSSR count). The van der Waals surface area contributed by atoms with Crippen LogP contribution in [0.25, 0.3) is 0 Å². The van der Waals surface area contributed by atoms with E-state index in [2.05, 4.69) is 15.5 Å². The Kier molecular flexibility index (Phi) is 14.5. The Labute approximate surface area is 207 Å². The van der Waals surface area contributed by atoms with Gasteiger partial charge in [-0.1, -0.05) is 36.4 Å². The third kappa shape index (κ3) is 10.2. The summed E-state index contributed by atoms with van der Waals surface area (Å²) in [6.07, 6.45) is 0. The van der Waals surface area contributed by atoms with E-state index in [-0.39, 0.29) is 33.9 Å². The van der Waals surface area contributed by atoms with Gasteiger partial charge in [-0.2, -0.15) is 0 Å². The second-order valence-electron chi connectivity index (χ2n) is 5.82. The van der Waals surface area contributed by atoms with Crippen LogP contribution in [0, 0.1) is 0 Å². The fourth-order valence-electron chi connectivity index (χ4n) is 2.15. The number of phenols is 3. The zero-order chi connectivity index (χ0) is 26.8. The number of rotatable bonds is 3. The van der Waals surface area contributed by atoms with Gasteiger partial charge in [0.05, 0.1) is 16.7 Å². The Balaban J connectivity index is 0.000000478. The molecule has 0 aliphatic rings. The van der Waals surface area contributed by atoms with Crippen LogP contribution in [0.1, 0.15) is 16.7 Å². The molecule has 0 aromatic heterocycles. The molecular formula is C21H21N3O10V. The third-order valence-corrected chi connectivity index (χ3v) is 3.72. The summed E-state index contributed by atoms with van der Waals surface area (Å²) in [7, 11) is 0. The van der Waals surface area contributed by atoms with Crippen LogP contribution >= 0.6 is 0 Å². The van der Waals surface area contributed by atoms with Gasteiger partial charge in [-0.25, -0.2) is 0 Å². The average molecular weight is 526 g/mol. The third-order valence-electron chi connectivity index (χ3n) is 3.72. The first-order chi connectivity index (χ1) is 16.8. The molecule has 0 heterocycles. The predicted molar refractivity (Wildman–Crippen MR) is 118 cm³/mol. The quantitative estimate of drug-likeness (QED) is 0.105. The van der Waals surface area contributed by atoms with Gasteiger partial charge in [0.25, 0.3) is 17.7 Å². The fourth-order valence-corrected chi connectivity index (χ4v) is 2.15. The number of benzene rings is 3. The van der Waals surface area contributed by atoms with E-state index in [1.54, 1.807) is 36.4 Å². The van der Waals surface area contributed by atoms with E-state index in [4.69, 9.17) is 49.9 Å². The van der Waals surface area contributed by atoms with Gasteiger partial charge < -0.3 is 46.3 Å². The van der Waals surface area contributed by atoms with Crippen LogP contribution in [-0.2, 0) is 21.0 Å². The summed E-state index contributed by atoms with van der Waals surface area (Å²) in [4.78, 5) is 0. The number of oxime groups is 3. The van der Waals surface area contributed by atoms with Gasteiger partial charge in [-0.15, -0.1) is 0 Å². The van der Waals surface area contributed by atoms with Crippen molar-refractivity contribution in [2.75, 3.05) is 0 Å². The van der Waals surface area contributed by atoms with Gasteiger partial charge in [0.1, 0.15) is 17.2 Å². The van der Waals surface area contributed by atoms with Crippen molar-refractivity contribution < 1.29 is 67.3 Å². The Bertz CT molecular complexity index is 1010. The topological polar surface area (TPSA) is 236 Å². The maximum atomic E-state index is 9.06.